The van der Waals surface area contributed by atoms with Gasteiger partial charge in [-0.25, -0.2) is 0 Å². The molecular formula is C53H54N2. The van der Waals surface area contributed by atoms with Gasteiger partial charge < -0.3 is 9.47 Å². The predicted octanol–water partition coefficient (Wildman–Crippen LogP) is 15.4. The summed E-state index contributed by atoms with van der Waals surface area (Å²) >= 11 is 0. The zero-order chi connectivity index (χ0) is 38.1. The van der Waals surface area contributed by atoms with E-state index < -0.39 is 0 Å². The van der Waals surface area contributed by atoms with Crippen molar-refractivity contribution in [3.8, 4) is 16.8 Å². The highest BCUT2D eigenvalue weighted by Crippen LogP contribution is 2.55. The van der Waals surface area contributed by atoms with Crippen LogP contribution < -0.4 is 4.90 Å². The van der Waals surface area contributed by atoms with Crippen LogP contribution in [0.5, 0.6) is 0 Å². The molecule has 9 rings (SSSR count). The minimum Gasteiger partial charge on any atom is -0.310 e. The molecule has 0 aliphatic heterocycles. The van der Waals surface area contributed by atoms with Gasteiger partial charge in [-0.2, -0.15) is 0 Å². The van der Waals surface area contributed by atoms with Crippen LogP contribution in [0.4, 0.5) is 17.1 Å². The van der Waals surface area contributed by atoms with Crippen LogP contribution in [0.15, 0.2) is 146 Å². The molecule has 2 nitrogen and oxygen atoms in total. The monoisotopic (exact) mass is 718 g/mol. The van der Waals surface area contributed by atoms with Gasteiger partial charge >= 0.3 is 0 Å². The van der Waals surface area contributed by atoms with Crippen molar-refractivity contribution in [1.82, 2.24) is 4.57 Å². The lowest BCUT2D eigenvalue weighted by molar-refractivity contribution is 0.660. The first kappa shape index (κ1) is 36.4. The highest BCUT2D eigenvalue weighted by molar-refractivity contribution is 6.11. The molecule has 276 valence electrons. The highest BCUT2D eigenvalue weighted by atomic mass is 15.1. The van der Waals surface area contributed by atoms with Crippen LogP contribution in [0.3, 0.4) is 0 Å². The van der Waals surface area contributed by atoms with Crippen molar-refractivity contribution in [2.45, 2.75) is 85.5 Å². The number of unbranched alkanes of at least 4 members (excludes halogenated alkanes) is 2. The van der Waals surface area contributed by atoms with Gasteiger partial charge in [0, 0.05) is 38.6 Å². The molecular weight excluding hydrogens is 665 g/mol. The van der Waals surface area contributed by atoms with Gasteiger partial charge in [0.2, 0.25) is 0 Å². The number of aryl methyl sites for hydroxylation is 2. The molecule has 0 saturated heterocycles. The lowest BCUT2D eigenvalue weighted by Gasteiger charge is -2.30. The highest BCUT2D eigenvalue weighted by Gasteiger charge is 2.38. The lowest BCUT2D eigenvalue weighted by Crippen LogP contribution is -2.17. The summed E-state index contributed by atoms with van der Waals surface area (Å²) in [5.41, 5.74) is 15.4. The number of nitrogens with zero attached hydrogens (tertiary/aromatic N) is 2. The van der Waals surface area contributed by atoms with E-state index in [1.54, 1.807) is 0 Å². The second-order valence-electron chi connectivity index (χ2n) is 15.5. The summed E-state index contributed by atoms with van der Waals surface area (Å²) in [5.74, 6) is 0. The smallest absolute Gasteiger partial charge is 0.0543 e. The molecule has 1 aromatic heterocycles. The molecule has 0 atom stereocenters. The Labute approximate surface area is 328 Å². The molecule has 7 aromatic carbocycles. The number of benzene rings is 7. The zero-order valence-corrected chi connectivity index (χ0v) is 33.5. The second-order valence-corrected chi connectivity index (χ2v) is 15.5. The summed E-state index contributed by atoms with van der Waals surface area (Å²) < 4.78 is 2.48. The zero-order valence-electron chi connectivity index (χ0n) is 33.5. The molecule has 0 radical (unpaired) electrons. The molecule has 0 unspecified atom stereocenters. The van der Waals surface area contributed by atoms with E-state index >= 15 is 0 Å². The third kappa shape index (κ3) is 6.32. The van der Waals surface area contributed by atoms with Crippen molar-refractivity contribution < 1.29 is 0 Å². The van der Waals surface area contributed by atoms with Gasteiger partial charge in [-0.15, -0.1) is 0 Å². The molecule has 1 aliphatic carbocycles. The summed E-state index contributed by atoms with van der Waals surface area (Å²) in [7, 11) is 0. The molecule has 1 aliphatic rings. The summed E-state index contributed by atoms with van der Waals surface area (Å²) in [6.07, 6.45) is 7.09. The predicted molar refractivity (Wildman–Crippen MR) is 239 cm³/mol. The van der Waals surface area contributed by atoms with Crippen molar-refractivity contribution in [1.29, 1.82) is 0 Å². The molecule has 2 heteroatoms. The first-order valence-electron chi connectivity index (χ1n) is 20.7. The maximum atomic E-state index is 2.49. The fraction of sp³-hybridized carbons (Fsp3) is 0.245. The Morgan fingerprint density at radius 2 is 1.11 bits per heavy atom. The molecule has 1 heterocycles. The molecule has 0 N–H and O–H groups in total. The second kappa shape index (κ2) is 15.3. The minimum absolute atomic E-state index is 0.210. The number of rotatable bonds is 10. The van der Waals surface area contributed by atoms with E-state index in [1.165, 1.54) is 114 Å². The number of hydrogen-bond donors (Lipinski definition) is 0. The number of para-hydroxylation sites is 2. The topological polar surface area (TPSA) is 8.17 Å². The largest absolute Gasteiger partial charge is 0.310 e. The maximum absolute atomic E-state index is 2.49. The Balaban J connectivity index is 0.00000210. The van der Waals surface area contributed by atoms with Crippen molar-refractivity contribution in [3.05, 3.63) is 168 Å². The first-order valence-corrected chi connectivity index (χ1v) is 20.7. The molecule has 0 bridgehead atoms. The fourth-order valence-corrected chi connectivity index (χ4v) is 8.91. The Bertz CT molecular complexity index is 2610. The van der Waals surface area contributed by atoms with Gasteiger partial charge in [-0.3, -0.25) is 0 Å². The molecule has 0 saturated carbocycles. The van der Waals surface area contributed by atoms with Gasteiger partial charge in [-0.1, -0.05) is 139 Å². The van der Waals surface area contributed by atoms with E-state index in [-0.39, 0.29) is 5.41 Å². The van der Waals surface area contributed by atoms with Gasteiger partial charge in [0.1, 0.15) is 0 Å². The van der Waals surface area contributed by atoms with Crippen LogP contribution in [-0.4, -0.2) is 4.57 Å². The molecule has 55 heavy (non-hydrogen) atoms. The summed E-state index contributed by atoms with van der Waals surface area (Å²) in [6.45, 7) is 13.4. The average Bonchev–Trinajstić information content (AvgIpc) is 3.68. The van der Waals surface area contributed by atoms with Crippen molar-refractivity contribution in [2.75, 3.05) is 4.90 Å². The summed E-state index contributed by atoms with van der Waals surface area (Å²) in [6, 6.07) is 54.9. The molecule has 0 spiro atoms. The SMILES string of the molecule is CC.CCCCc1ccc(N(c2ccccc2)c2cc3c(c4ccccc24)-c2ccc(-n4c5ccccc5c5cc(CCCC)ccc54)cc2C3(C)C)cc1. The number of fused-ring (bicyclic) bond motifs is 8. The van der Waals surface area contributed by atoms with E-state index in [2.05, 4.69) is 183 Å². The number of anilines is 3. The Hall–Kier alpha value is -5.60. The van der Waals surface area contributed by atoms with E-state index in [4.69, 9.17) is 0 Å². The third-order valence-corrected chi connectivity index (χ3v) is 11.7. The summed E-state index contributed by atoms with van der Waals surface area (Å²) in [5, 5.41) is 5.22. The van der Waals surface area contributed by atoms with Crippen LogP contribution in [0.25, 0.3) is 49.4 Å². The minimum atomic E-state index is -0.210. The van der Waals surface area contributed by atoms with Crippen LogP contribution in [0.1, 0.15) is 89.5 Å². The molecule has 0 fully saturated rings. The van der Waals surface area contributed by atoms with E-state index in [9.17, 15) is 0 Å². The van der Waals surface area contributed by atoms with Crippen LogP contribution in [0, 0.1) is 0 Å². The van der Waals surface area contributed by atoms with E-state index in [0.717, 1.165) is 12.8 Å². The van der Waals surface area contributed by atoms with Gasteiger partial charge in [0.05, 0.1) is 16.7 Å². The lowest BCUT2D eigenvalue weighted by atomic mass is 9.81. The van der Waals surface area contributed by atoms with Gasteiger partial charge in [-0.05, 0) is 125 Å². The number of hydrogen-bond acceptors (Lipinski definition) is 1. The van der Waals surface area contributed by atoms with Crippen molar-refractivity contribution in [2.24, 2.45) is 0 Å². The Morgan fingerprint density at radius 3 is 1.84 bits per heavy atom. The van der Waals surface area contributed by atoms with Crippen LogP contribution in [-0.2, 0) is 18.3 Å². The normalized spacial score (nSPS) is 12.8. The van der Waals surface area contributed by atoms with Crippen molar-refractivity contribution in [3.63, 3.8) is 0 Å². The fourth-order valence-electron chi connectivity index (χ4n) is 8.91. The standard InChI is InChI=1S/C51H48N2.C2H6/c1-5-7-16-35-24-27-38(28-25-35)52(37-18-10-9-11-19-37)49-34-46-50(42-22-13-12-20-40(42)49)43-30-29-39(33-45(43)51(46,3)4)53-47-23-15-14-21-41(47)44-32-36(17-8-6-2)26-31-48(44)53;1-2/h9-15,18-34H,5-8,16-17H2,1-4H3;1-2H3. The van der Waals surface area contributed by atoms with Crippen LogP contribution in [0.2, 0.25) is 0 Å². The van der Waals surface area contributed by atoms with Crippen molar-refractivity contribution >= 4 is 49.6 Å². The maximum Gasteiger partial charge on any atom is 0.0543 e. The van der Waals surface area contributed by atoms with Crippen LogP contribution >= 0.6 is 0 Å². The quantitative estimate of drug-likeness (QED) is 0.137. The Morgan fingerprint density at radius 1 is 0.509 bits per heavy atom. The first-order chi connectivity index (χ1) is 27.0. The third-order valence-electron chi connectivity index (χ3n) is 11.7. The average molecular weight is 719 g/mol. The number of aromatic nitrogens is 1. The van der Waals surface area contributed by atoms with Gasteiger partial charge in [0.25, 0.3) is 0 Å². The molecule has 0 amide bonds. The molecule has 8 aromatic rings. The Kier molecular flexibility index (Phi) is 10.1. The van der Waals surface area contributed by atoms with Gasteiger partial charge in [0.15, 0.2) is 0 Å². The van der Waals surface area contributed by atoms with E-state index in [1.807, 2.05) is 13.8 Å². The summed E-state index contributed by atoms with van der Waals surface area (Å²) in [4.78, 5) is 2.46. The van der Waals surface area contributed by atoms with E-state index in [0.29, 0.717) is 0 Å².